The van der Waals surface area contributed by atoms with Crippen LogP contribution >= 0.6 is 15.9 Å². The van der Waals surface area contributed by atoms with Crippen molar-refractivity contribution in [2.45, 2.75) is 0 Å². The van der Waals surface area contributed by atoms with Gasteiger partial charge in [-0.3, -0.25) is 10.1 Å². The number of hydrogen-bond donors (Lipinski definition) is 2. The molecule has 2 rings (SSSR count). The van der Waals surface area contributed by atoms with Crippen molar-refractivity contribution in [2.24, 2.45) is 0 Å². The molecule has 2 aromatic rings. The molecule has 0 unspecified atom stereocenters. The normalized spacial score (nSPS) is 9.95. The number of nitro groups is 1. The Balaban J connectivity index is 2.38. The van der Waals surface area contributed by atoms with Gasteiger partial charge in [0, 0.05) is 16.7 Å². The highest BCUT2D eigenvalue weighted by molar-refractivity contribution is 9.10. The van der Waals surface area contributed by atoms with Crippen LogP contribution in [0.25, 0.3) is 0 Å². The number of aromatic nitrogens is 2. The van der Waals surface area contributed by atoms with Gasteiger partial charge in [0.25, 0.3) is 0 Å². The number of halogens is 1. The summed E-state index contributed by atoms with van der Waals surface area (Å²) >= 11 is 3.34. The first kappa shape index (κ1) is 14.9. The van der Waals surface area contributed by atoms with E-state index in [-0.39, 0.29) is 17.3 Å². The molecule has 8 heteroatoms. The summed E-state index contributed by atoms with van der Waals surface area (Å²) in [5.74, 6) is 0.270. The number of hydrogen-bond acceptors (Lipinski definition) is 6. The zero-order valence-corrected chi connectivity index (χ0v) is 12.5. The topological polar surface area (TPSA) is 93.0 Å². The molecule has 1 aromatic heterocycles. The fraction of sp³-hybridized carbons (Fsp3) is 0.0769. The number of nitrogens with zero attached hydrogens (tertiary/aromatic N) is 3. The standard InChI is InChI=1S/C13H12BrN5O2/c1-2-6-15-12-11(19(20)21)13(17-8-16-12)18-10-5-3-4-9(14)7-10/h2-5,7-8H,1,6H2,(H2,15,16,17,18). The molecule has 0 spiro atoms. The number of rotatable bonds is 6. The predicted octanol–water partition coefficient (Wildman–Crippen LogP) is 3.49. The van der Waals surface area contributed by atoms with Crippen LogP contribution in [-0.4, -0.2) is 21.4 Å². The molecule has 0 aliphatic rings. The fourth-order valence-electron chi connectivity index (χ4n) is 1.64. The number of nitrogens with one attached hydrogen (secondary N) is 2. The SMILES string of the molecule is C=CCNc1ncnc(Nc2cccc(Br)c2)c1[N+](=O)[O-]. The molecule has 0 aliphatic heterocycles. The Hall–Kier alpha value is -2.48. The van der Waals surface area contributed by atoms with Crippen LogP contribution in [0.5, 0.6) is 0 Å². The molecule has 1 aromatic carbocycles. The molecule has 7 nitrogen and oxygen atoms in total. The van der Waals surface area contributed by atoms with Crippen LogP contribution in [0.15, 0.2) is 47.7 Å². The third-order valence-electron chi connectivity index (χ3n) is 2.51. The monoisotopic (exact) mass is 349 g/mol. The van der Waals surface area contributed by atoms with E-state index in [4.69, 9.17) is 0 Å². The van der Waals surface area contributed by atoms with Crippen molar-refractivity contribution in [1.82, 2.24) is 9.97 Å². The molecule has 0 saturated heterocycles. The lowest BCUT2D eigenvalue weighted by molar-refractivity contribution is -0.383. The Morgan fingerprint density at radius 2 is 2.14 bits per heavy atom. The molecule has 1 heterocycles. The van der Waals surface area contributed by atoms with Gasteiger partial charge in [-0.25, -0.2) is 9.97 Å². The van der Waals surface area contributed by atoms with Gasteiger partial charge in [-0.2, -0.15) is 0 Å². The summed E-state index contributed by atoms with van der Waals surface area (Å²) in [5, 5.41) is 17.0. The maximum absolute atomic E-state index is 11.3. The molecule has 0 radical (unpaired) electrons. The second-order valence-electron chi connectivity index (χ2n) is 3.98. The largest absolute Gasteiger partial charge is 0.361 e. The quantitative estimate of drug-likeness (QED) is 0.471. The van der Waals surface area contributed by atoms with Gasteiger partial charge < -0.3 is 10.6 Å². The first-order valence-electron chi connectivity index (χ1n) is 5.98. The Labute approximate surface area is 129 Å². The molecule has 0 fully saturated rings. The highest BCUT2D eigenvalue weighted by Gasteiger charge is 2.22. The lowest BCUT2D eigenvalue weighted by Crippen LogP contribution is -2.08. The summed E-state index contributed by atoms with van der Waals surface area (Å²) in [5.41, 5.74) is 0.472. The van der Waals surface area contributed by atoms with E-state index in [9.17, 15) is 10.1 Å². The first-order chi connectivity index (χ1) is 10.1. The van der Waals surface area contributed by atoms with Crippen LogP contribution in [0.4, 0.5) is 23.0 Å². The minimum absolute atomic E-state index is 0.125. The highest BCUT2D eigenvalue weighted by Crippen LogP contribution is 2.31. The Bertz CT molecular complexity index is 677. The third kappa shape index (κ3) is 3.76. The Kier molecular flexibility index (Phi) is 4.83. The van der Waals surface area contributed by atoms with Gasteiger partial charge in [0.05, 0.1) is 4.92 Å². The molecule has 2 N–H and O–H groups in total. The van der Waals surface area contributed by atoms with Gasteiger partial charge in [-0.1, -0.05) is 28.1 Å². The van der Waals surface area contributed by atoms with E-state index in [1.54, 1.807) is 18.2 Å². The van der Waals surface area contributed by atoms with Gasteiger partial charge in [-0.15, -0.1) is 6.58 Å². The maximum atomic E-state index is 11.3. The smallest absolute Gasteiger partial charge is 0.353 e. The van der Waals surface area contributed by atoms with Crippen LogP contribution in [0.1, 0.15) is 0 Å². The van der Waals surface area contributed by atoms with Crippen molar-refractivity contribution in [2.75, 3.05) is 17.2 Å². The Morgan fingerprint density at radius 3 is 2.81 bits per heavy atom. The molecule has 21 heavy (non-hydrogen) atoms. The van der Waals surface area contributed by atoms with Crippen molar-refractivity contribution in [1.29, 1.82) is 0 Å². The minimum atomic E-state index is -0.522. The van der Waals surface area contributed by atoms with Crippen LogP contribution in [-0.2, 0) is 0 Å². The van der Waals surface area contributed by atoms with Crippen molar-refractivity contribution >= 4 is 38.9 Å². The summed E-state index contributed by atoms with van der Waals surface area (Å²) in [6.45, 7) is 3.92. The molecule has 108 valence electrons. The van der Waals surface area contributed by atoms with Crippen LogP contribution in [0.3, 0.4) is 0 Å². The average Bonchev–Trinajstić information content (AvgIpc) is 2.45. The van der Waals surface area contributed by atoms with Crippen molar-refractivity contribution in [3.63, 3.8) is 0 Å². The molecular formula is C13H12BrN5O2. The maximum Gasteiger partial charge on any atom is 0.353 e. The minimum Gasteiger partial charge on any atom is -0.361 e. The average molecular weight is 350 g/mol. The van der Waals surface area contributed by atoms with Gasteiger partial charge in [0.15, 0.2) is 0 Å². The summed E-state index contributed by atoms with van der Waals surface area (Å²) in [4.78, 5) is 18.6. The summed E-state index contributed by atoms with van der Waals surface area (Å²) in [6.07, 6.45) is 2.85. The van der Waals surface area contributed by atoms with E-state index in [1.165, 1.54) is 6.33 Å². The zero-order chi connectivity index (χ0) is 15.2. The summed E-state index contributed by atoms with van der Waals surface area (Å²) < 4.78 is 0.856. The van der Waals surface area contributed by atoms with E-state index in [0.29, 0.717) is 12.2 Å². The van der Waals surface area contributed by atoms with E-state index < -0.39 is 4.92 Å². The van der Waals surface area contributed by atoms with E-state index in [2.05, 4.69) is 43.1 Å². The van der Waals surface area contributed by atoms with Gasteiger partial charge in [0.1, 0.15) is 6.33 Å². The third-order valence-corrected chi connectivity index (χ3v) is 3.00. The lowest BCUT2D eigenvalue weighted by Gasteiger charge is -2.09. The molecule has 0 saturated carbocycles. The molecule has 0 bridgehead atoms. The van der Waals surface area contributed by atoms with Gasteiger partial charge >= 0.3 is 5.69 Å². The van der Waals surface area contributed by atoms with Crippen molar-refractivity contribution in [3.05, 3.63) is 57.8 Å². The first-order valence-corrected chi connectivity index (χ1v) is 6.78. The predicted molar refractivity (Wildman–Crippen MR) is 84.8 cm³/mol. The van der Waals surface area contributed by atoms with Gasteiger partial charge in [0.2, 0.25) is 11.6 Å². The molecule has 0 amide bonds. The van der Waals surface area contributed by atoms with Crippen molar-refractivity contribution in [3.8, 4) is 0 Å². The Morgan fingerprint density at radius 1 is 1.38 bits per heavy atom. The summed E-state index contributed by atoms with van der Waals surface area (Å²) in [7, 11) is 0. The van der Waals surface area contributed by atoms with Crippen molar-refractivity contribution < 1.29 is 4.92 Å². The zero-order valence-electron chi connectivity index (χ0n) is 10.9. The highest BCUT2D eigenvalue weighted by atomic mass is 79.9. The second kappa shape index (κ2) is 6.80. The second-order valence-corrected chi connectivity index (χ2v) is 4.90. The fourth-order valence-corrected chi connectivity index (χ4v) is 2.04. The number of benzene rings is 1. The van der Waals surface area contributed by atoms with Crippen LogP contribution in [0, 0.1) is 10.1 Å². The van der Waals surface area contributed by atoms with E-state index >= 15 is 0 Å². The van der Waals surface area contributed by atoms with E-state index in [0.717, 1.165) is 4.47 Å². The van der Waals surface area contributed by atoms with Crippen LogP contribution in [0.2, 0.25) is 0 Å². The van der Waals surface area contributed by atoms with E-state index in [1.807, 2.05) is 12.1 Å². The lowest BCUT2D eigenvalue weighted by atomic mass is 10.3. The molecule has 0 aliphatic carbocycles. The summed E-state index contributed by atoms with van der Waals surface area (Å²) in [6, 6.07) is 7.25. The molecule has 0 atom stereocenters. The van der Waals surface area contributed by atoms with Crippen LogP contribution < -0.4 is 10.6 Å². The molecular weight excluding hydrogens is 338 g/mol. The number of anilines is 3. The van der Waals surface area contributed by atoms with Gasteiger partial charge in [-0.05, 0) is 18.2 Å².